The molecule has 1 unspecified atom stereocenters. The van der Waals surface area contributed by atoms with Crippen LogP contribution in [0.25, 0.3) is 0 Å². The van der Waals surface area contributed by atoms with Crippen molar-refractivity contribution in [3.8, 4) is 0 Å². The highest BCUT2D eigenvalue weighted by Gasteiger charge is 2.47. The normalized spacial score (nSPS) is 31.5. The molecular formula is C11H20N2O4S2. The standard InChI is InChI=1S/C11H20N2O4S2/c1-9-8-12(18(14,15)10-2-3-10)6-7-13(9)19(16,17)11-4-5-11/h9-11H,2-8H2,1H3. The van der Waals surface area contributed by atoms with Crippen molar-refractivity contribution >= 4 is 20.0 Å². The van der Waals surface area contributed by atoms with Crippen molar-refractivity contribution in [1.82, 2.24) is 8.61 Å². The second-order valence-electron chi connectivity index (χ2n) is 5.81. The molecule has 8 heteroatoms. The third-order valence-corrected chi connectivity index (χ3v) is 8.98. The van der Waals surface area contributed by atoms with E-state index in [1.807, 2.05) is 0 Å². The van der Waals surface area contributed by atoms with Gasteiger partial charge in [-0.15, -0.1) is 0 Å². The van der Waals surface area contributed by atoms with Gasteiger partial charge >= 0.3 is 0 Å². The van der Waals surface area contributed by atoms with Crippen molar-refractivity contribution in [2.45, 2.75) is 49.1 Å². The van der Waals surface area contributed by atoms with Gasteiger partial charge in [0.2, 0.25) is 20.0 Å². The van der Waals surface area contributed by atoms with Crippen LogP contribution >= 0.6 is 0 Å². The fraction of sp³-hybridized carbons (Fsp3) is 1.00. The molecule has 3 rings (SSSR count). The van der Waals surface area contributed by atoms with Crippen LogP contribution in [0.5, 0.6) is 0 Å². The SMILES string of the molecule is CC1CN(S(=O)(=O)C2CC2)CCN1S(=O)(=O)C1CC1. The summed E-state index contributed by atoms with van der Waals surface area (Å²) in [4.78, 5) is 0. The Labute approximate surface area is 114 Å². The molecule has 1 aliphatic heterocycles. The Hall–Kier alpha value is -0.180. The Morgan fingerprint density at radius 3 is 1.84 bits per heavy atom. The topological polar surface area (TPSA) is 74.8 Å². The van der Waals surface area contributed by atoms with Gasteiger partial charge in [-0.1, -0.05) is 0 Å². The number of hydrogen-bond acceptors (Lipinski definition) is 4. The predicted molar refractivity (Wildman–Crippen MR) is 71.6 cm³/mol. The second-order valence-corrected chi connectivity index (χ2v) is 10.2. The average molecular weight is 308 g/mol. The van der Waals surface area contributed by atoms with Crippen molar-refractivity contribution in [3.05, 3.63) is 0 Å². The maximum Gasteiger partial charge on any atom is 0.217 e. The summed E-state index contributed by atoms with van der Waals surface area (Å²) in [6, 6.07) is -0.257. The Kier molecular flexibility index (Phi) is 3.20. The van der Waals surface area contributed by atoms with E-state index in [9.17, 15) is 16.8 Å². The maximum atomic E-state index is 12.2. The lowest BCUT2D eigenvalue weighted by molar-refractivity contribution is 0.212. The fourth-order valence-corrected chi connectivity index (χ4v) is 6.58. The first-order valence-electron chi connectivity index (χ1n) is 6.83. The molecule has 3 fully saturated rings. The molecule has 6 nitrogen and oxygen atoms in total. The minimum absolute atomic E-state index is 0.216. The number of hydrogen-bond donors (Lipinski definition) is 0. The van der Waals surface area contributed by atoms with Crippen LogP contribution in [-0.4, -0.2) is 61.6 Å². The van der Waals surface area contributed by atoms with Crippen molar-refractivity contribution < 1.29 is 16.8 Å². The second kappa shape index (κ2) is 4.41. The smallest absolute Gasteiger partial charge is 0.212 e. The fourth-order valence-electron chi connectivity index (χ4n) is 2.65. The van der Waals surface area contributed by atoms with E-state index in [0.717, 1.165) is 25.7 Å². The molecule has 1 atom stereocenters. The molecule has 0 aromatic heterocycles. The molecule has 0 bridgehead atoms. The summed E-state index contributed by atoms with van der Waals surface area (Å²) in [5.41, 5.74) is 0. The van der Waals surface area contributed by atoms with Crippen LogP contribution in [0.4, 0.5) is 0 Å². The highest BCUT2D eigenvalue weighted by atomic mass is 32.2. The van der Waals surface area contributed by atoms with Crippen molar-refractivity contribution in [3.63, 3.8) is 0 Å². The highest BCUT2D eigenvalue weighted by molar-refractivity contribution is 7.90. The number of nitrogens with zero attached hydrogens (tertiary/aromatic N) is 2. The summed E-state index contributed by atoms with van der Waals surface area (Å²) in [7, 11) is -6.38. The minimum Gasteiger partial charge on any atom is -0.212 e. The van der Waals surface area contributed by atoms with Gasteiger partial charge in [0.1, 0.15) is 0 Å². The van der Waals surface area contributed by atoms with Crippen molar-refractivity contribution in [2.75, 3.05) is 19.6 Å². The van der Waals surface area contributed by atoms with E-state index < -0.39 is 20.0 Å². The Morgan fingerprint density at radius 2 is 1.37 bits per heavy atom. The summed E-state index contributed by atoms with van der Waals surface area (Å²) in [6.45, 7) is 2.69. The molecule has 0 aromatic rings. The first-order chi connectivity index (χ1) is 8.83. The van der Waals surface area contributed by atoms with Gasteiger partial charge in [0.25, 0.3) is 0 Å². The monoisotopic (exact) mass is 308 g/mol. The number of rotatable bonds is 4. The van der Waals surface area contributed by atoms with E-state index in [4.69, 9.17) is 0 Å². The molecule has 1 heterocycles. The Balaban J connectivity index is 1.72. The van der Waals surface area contributed by atoms with E-state index in [-0.39, 0.29) is 16.5 Å². The molecule has 0 spiro atoms. The minimum atomic E-state index is -3.20. The van der Waals surface area contributed by atoms with E-state index in [2.05, 4.69) is 0 Å². The first kappa shape index (κ1) is 13.8. The summed E-state index contributed by atoms with van der Waals surface area (Å²) >= 11 is 0. The third kappa shape index (κ3) is 2.43. The van der Waals surface area contributed by atoms with E-state index in [1.165, 1.54) is 8.61 Å². The van der Waals surface area contributed by atoms with Gasteiger partial charge in [0.15, 0.2) is 0 Å². The molecule has 19 heavy (non-hydrogen) atoms. The lowest BCUT2D eigenvalue weighted by Gasteiger charge is -2.38. The lowest BCUT2D eigenvalue weighted by Crippen LogP contribution is -2.56. The molecule has 3 aliphatic rings. The third-order valence-electron chi connectivity index (χ3n) is 4.11. The van der Waals surface area contributed by atoms with E-state index in [1.54, 1.807) is 6.92 Å². The summed E-state index contributed by atoms with van der Waals surface area (Å²) in [6.07, 6.45) is 2.99. The first-order valence-corrected chi connectivity index (χ1v) is 9.84. The van der Waals surface area contributed by atoms with Crippen LogP contribution in [0.1, 0.15) is 32.6 Å². The predicted octanol–water partition coefficient (Wildman–Crippen LogP) is -0.0231. The van der Waals surface area contributed by atoms with Gasteiger partial charge in [-0.2, -0.15) is 8.61 Å². The molecular weight excluding hydrogens is 288 g/mol. The van der Waals surface area contributed by atoms with Crippen molar-refractivity contribution in [1.29, 1.82) is 0 Å². The summed E-state index contributed by atoms with van der Waals surface area (Å²) in [5.74, 6) is 0. The van der Waals surface area contributed by atoms with Crippen LogP contribution in [0.3, 0.4) is 0 Å². The lowest BCUT2D eigenvalue weighted by atomic mass is 10.3. The van der Waals surface area contributed by atoms with Gasteiger partial charge < -0.3 is 0 Å². The summed E-state index contributed by atoms with van der Waals surface area (Å²) in [5, 5.41) is -0.437. The van der Waals surface area contributed by atoms with Gasteiger partial charge in [0.05, 0.1) is 10.5 Å². The van der Waals surface area contributed by atoms with Crippen LogP contribution < -0.4 is 0 Å². The number of sulfonamides is 2. The van der Waals surface area contributed by atoms with Crippen molar-refractivity contribution in [2.24, 2.45) is 0 Å². The molecule has 0 radical (unpaired) electrons. The average Bonchev–Trinajstić information content (AvgIpc) is 3.18. The largest absolute Gasteiger partial charge is 0.217 e. The van der Waals surface area contributed by atoms with Crippen LogP contribution in [0, 0.1) is 0 Å². The summed E-state index contributed by atoms with van der Waals surface area (Å²) < 4.78 is 51.7. The molecule has 0 amide bonds. The molecule has 1 saturated heterocycles. The molecule has 2 aliphatic carbocycles. The van der Waals surface area contributed by atoms with Gasteiger partial charge in [0, 0.05) is 25.7 Å². The highest BCUT2D eigenvalue weighted by Crippen LogP contribution is 2.35. The van der Waals surface area contributed by atoms with Crippen LogP contribution in [0.15, 0.2) is 0 Å². The molecule has 0 aromatic carbocycles. The Morgan fingerprint density at radius 1 is 0.842 bits per heavy atom. The Bertz CT molecular complexity index is 564. The zero-order chi connectivity index (χ0) is 13.8. The zero-order valence-corrected chi connectivity index (χ0v) is 12.7. The van der Waals surface area contributed by atoms with Crippen LogP contribution in [0.2, 0.25) is 0 Å². The molecule has 0 N–H and O–H groups in total. The van der Waals surface area contributed by atoms with Gasteiger partial charge in [-0.3, -0.25) is 0 Å². The van der Waals surface area contributed by atoms with Crippen LogP contribution in [-0.2, 0) is 20.0 Å². The van der Waals surface area contributed by atoms with Gasteiger partial charge in [-0.05, 0) is 32.6 Å². The van der Waals surface area contributed by atoms with Gasteiger partial charge in [-0.25, -0.2) is 16.8 Å². The molecule has 110 valence electrons. The molecule has 2 saturated carbocycles. The zero-order valence-electron chi connectivity index (χ0n) is 11.0. The van der Waals surface area contributed by atoms with E-state index in [0.29, 0.717) is 19.6 Å². The van der Waals surface area contributed by atoms with E-state index >= 15 is 0 Å². The maximum absolute atomic E-state index is 12.2. The number of piperazine rings is 1. The quantitative estimate of drug-likeness (QED) is 0.731.